The van der Waals surface area contributed by atoms with Gasteiger partial charge >= 0.3 is 5.97 Å². The van der Waals surface area contributed by atoms with Crippen molar-refractivity contribution < 1.29 is 14.3 Å². The van der Waals surface area contributed by atoms with Gasteiger partial charge in [-0.1, -0.05) is 0 Å². The van der Waals surface area contributed by atoms with Gasteiger partial charge < -0.3 is 9.52 Å². The summed E-state index contributed by atoms with van der Waals surface area (Å²) in [5.41, 5.74) is 0.934. The van der Waals surface area contributed by atoms with Crippen LogP contribution in [-0.2, 0) is 11.2 Å². The molecule has 0 bridgehead atoms. The van der Waals surface area contributed by atoms with Crippen LogP contribution in [0.15, 0.2) is 28.0 Å². The molecule has 2 atom stereocenters. The summed E-state index contributed by atoms with van der Waals surface area (Å²) in [4.78, 5) is 14.9. The number of nitrogens with zero attached hydrogens (tertiary/aromatic N) is 1. The van der Waals surface area contributed by atoms with Gasteiger partial charge in [-0.15, -0.1) is 11.3 Å². The van der Waals surface area contributed by atoms with Gasteiger partial charge in [0.2, 0.25) is 0 Å². The van der Waals surface area contributed by atoms with Crippen LogP contribution in [-0.4, -0.2) is 22.5 Å². The maximum atomic E-state index is 11.7. The van der Waals surface area contributed by atoms with Crippen LogP contribution < -0.4 is 0 Å². The summed E-state index contributed by atoms with van der Waals surface area (Å²) in [6, 6.07) is 5.16. The Morgan fingerprint density at radius 3 is 2.95 bits per heavy atom. The summed E-state index contributed by atoms with van der Waals surface area (Å²) in [6.45, 7) is 4.65. The summed E-state index contributed by atoms with van der Waals surface area (Å²) in [6.07, 6.45) is 0.904. The minimum atomic E-state index is -0.792. The van der Waals surface area contributed by atoms with E-state index >= 15 is 0 Å². The Labute approximate surface area is 121 Å². The van der Waals surface area contributed by atoms with Crippen molar-refractivity contribution in [1.29, 1.82) is 0 Å². The van der Waals surface area contributed by atoms with Gasteiger partial charge in [-0.05, 0) is 49.4 Å². The van der Waals surface area contributed by atoms with Gasteiger partial charge in [0.15, 0.2) is 0 Å². The maximum Gasteiger partial charge on any atom is 0.325 e. The molecule has 0 aromatic carbocycles. The molecule has 0 radical (unpaired) electrons. The number of carboxylic acid groups (broad SMARTS) is 1. The molecule has 4 nitrogen and oxygen atoms in total. The Hall–Kier alpha value is -1.59. The second kappa shape index (κ2) is 5.07. The minimum Gasteiger partial charge on any atom is -0.480 e. The molecular weight excluding hydrogens is 274 g/mol. The normalized spacial score (nSPS) is 20.6. The lowest BCUT2D eigenvalue weighted by Crippen LogP contribution is -2.40. The maximum absolute atomic E-state index is 11.7. The molecule has 3 heterocycles. The van der Waals surface area contributed by atoms with E-state index in [9.17, 15) is 9.90 Å². The minimum absolute atomic E-state index is 0.0437. The lowest BCUT2D eigenvalue weighted by molar-refractivity contribution is -0.145. The van der Waals surface area contributed by atoms with Crippen molar-refractivity contribution in [2.75, 3.05) is 6.54 Å². The molecule has 0 saturated carbocycles. The van der Waals surface area contributed by atoms with Crippen molar-refractivity contribution in [2.24, 2.45) is 0 Å². The summed E-state index contributed by atoms with van der Waals surface area (Å²) >= 11 is 1.65. The summed E-state index contributed by atoms with van der Waals surface area (Å²) < 4.78 is 5.66. The molecule has 2 aromatic rings. The van der Waals surface area contributed by atoms with E-state index in [1.165, 1.54) is 4.88 Å². The molecular formula is C15H17NO3S. The van der Waals surface area contributed by atoms with Crippen molar-refractivity contribution in [1.82, 2.24) is 4.90 Å². The van der Waals surface area contributed by atoms with Crippen LogP contribution in [0, 0.1) is 6.92 Å². The largest absolute Gasteiger partial charge is 0.480 e. The summed E-state index contributed by atoms with van der Waals surface area (Å²) in [5.74, 6) is 0.888. The van der Waals surface area contributed by atoms with E-state index < -0.39 is 12.0 Å². The quantitative estimate of drug-likeness (QED) is 0.941. The molecule has 0 amide bonds. The van der Waals surface area contributed by atoms with Crippen LogP contribution in [0.4, 0.5) is 0 Å². The fourth-order valence-corrected chi connectivity index (χ4v) is 3.77. The molecule has 1 aliphatic heterocycles. The average Bonchev–Trinajstić information content (AvgIpc) is 3.04. The third-order valence-electron chi connectivity index (χ3n) is 3.91. The number of hydrogen-bond donors (Lipinski definition) is 1. The van der Waals surface area contributed by atoms with Gasteiger partial charge in [-0.2, -0.15) is 0 Å². The van der Waals surface area contributed by atoms with E-state index in [0.29, 0.717) is 0 Å². The van der Waals surface area contributed by atoms with Gasteiger partial charge in [-0.25, -0.2) is 0 Å². The predicted molar refractivity (Wildman–Crippen MR) is 77.0 cm³/mol. The molecule has 3 rings (SSSR count). The highest BCUT2D eigenvalue weighted by Gasteiger charge is 2.37. The first-order chi connectivity index (χ1) is 9.58. The zero-order valence-electron chi connectivity index (χ0n) is 11.5. The van der Waals surface area contributed by atoms with Crippen LogP contribution in [0.5, 0.6) is 0 Å². The number of furan rings is 1. The molecule has 0 spiro atoms. The third-order valence-corrected chi connectivity index (χ3v) is 4.90. The van der Waals surface area contributed by atoms with E-state index in [0.717, 1.165) is 30.0 Å². The van der Waals surface area contributed by atoms with Crippen molar-refractivity contribution in [3.05, 3.63) is 45.5 Å². The van der Waals surface area contributed by atoms with Crippen LogP contribution in [0.2, 0.25) is 0 Å². The van der Waals surface area contributed by atoms with Gasteiger partial charge in [0.25, 0.3) is 0 Å². The number of fused-ring (bicyclic) bond motifs is 1. The first-order valence-corrected chi connectivity index (χ1v) is 7.57. The van der Waals surface area contributed by atoms with E-state index in [4.69, 9.17) is 4.42 Å². The van der Waals surface area contributed by atoms with Crippen molar-refractivity contribution >= 4 is 17.3 Å². The van der Waals surface area contributed by atoms with Crippen molar-refractivity contribution in [3.8, 4) is 0 Å². The SMILES string of the molecule is Cc1ccc(C(C)N2CCc3sccc3C2C(=O)O)o1. The fraction of sp³-hybridized carbons (Fsp3) is 0.400. The standard InChI is InChI=1S/C15H17NO3S/c1-9-3-4-12(19-9)10(2)16-7-5-13-11(6-8-20-13)14(16)15(17)18/h3-4,6,8,10,14H,5,7H2,1-2H3,(H,17,18). The molecule has 106 valence electrons. The zero-order chi connectivity index (χ0) is 14.3. The van der Waals surface area contributed by atoms with Gasteiger partial charge in [0, 0.05) is 11.4 Å². The molecule has 5 heteroatoms. The van der Waals surface area contributed by atoms with Gasteiger partial charge in [-0.3, -0.25) is 9.69 Å². The van der Waals surface area contributed by atoms with E-state index in [-0.39, 0.29) is 6.04 Å². The number of hydrogen-bond acceptors (Lipinski definition) is 4. The zero-order valence-corrected chi connectivity index (χ0v) is 12.3. The third kappa shape index (κ3) is 2.17. The Kier molecular flexibility index (Phi) is 3.40. The lowest BCUT2D eigenvalue weighted by atomic mass is 9.97. The summed E-state index contributed by atoms with van der Waals surface area (Å²) in [7, 11) is 0. The fourth-order valence-electron chi connectivity index (χ4n) is 2.87. The van der Waals surface area contributed by atoms with E-state index in [1.54, 1.807) is 11.3 Å². The number of thiophene rings is 1. The van der Waals surface area contributed by atoms with Crippen LogP contribution in [0.1, 0.15) is 41.0 Å². The molecule has 1 N–H and O–H groups in total. The smallest absolute Gasteiger partial charge is 0.325 e. The van der Waals surface area contributed by atoms with Crippen molar-refractivity contribution in [3.63, 3.8) is 0 Å². The highest BCUT2D eigenvalue weighted by molar-refractivity contribution is 7.10. The van der Waals surface area contributed by atoms with E-state index in [1.807, 2.05) is 42.3 Å². The Bertz CT molecular complexity index is 631. The number of carbonyl (C=O) groups is 1. The predicted octanol–water partition coefficient (Wildman–Crippen LogP) is 3.39. The molecule has 2 unspecified atom stereocenters. The second-order valence-corrected chi connectivity index (χ2v) is 6.15. The van der Waals surface area contributed by atoms with E-state index in [2.05, 4.69) is 0 Å². The number of aliphatic carboxylic acids is 1. The van der Waals surface area contributed by atoms with Crippen LogP contribution in [0.3, 0.4) is 0 Å². The first-order valence-electron chi connectivity index (χ1n) is 6.69. The first kappa shape index (κ1) is 13.4. The Balaban J connectivity index is 1.95. The number of rotatable bonds is 3. The van der Waals surface area contributed by atoms with Gasteiger partial charge in [0.05, 0.1) is 6.04 Å². The Morgan fingerprint density at radius 1 is 1.50 bits per heavy atom. The molecule has 0 saturated heterocycles. The monoisotopic (exact) mass is 291 g/mol. The summed E-state index contributed by atoms with van der Waals surface area (Å²) in [5, 5.41) is 11.6. The number of carboxylic acids is 1. The highest BCUT2D eigenvalue weighted by atomic mass is 32.1. The molecule has 0 fully saturated rings. The average molecular weight is 291 g/mol. The van der Waals surface area contributed by atoms with Crippen molar-refractivity contribution in [2.45, 2.75) is 32.4 Å². The topological polar surface area (TPSA) is 53.7 Å². The molecule has 2 aromatic heterocycles. The van der Waals surface area contributed by atoms with Crippen LogP contribution >= 0.6 is 11.3 Å². The second-order valence-electron chi connectivity index (χ2n) is 5.15. The number of aryl methyl sites for hydroxylation is 1. The molecule has 20 heavy (non-hydrogen) atoms. The molecule has 0 aliphatic carbocycles. The van der Waals surface area contributed by atoms with Gasteiger partial charge in [0.1, 0.15) is 17.6 Å². The van der Waals surface area contributed by atoms with Crippen LogP contribution in [0.25, 0.3) is 0 Å². The molecule has 1 aliphatic rings. The Morgan fingerprint density at radius 2 is 2.30 bits per heavy atom. The highest BCUT2D eigenvalue weighted by Crippen LogP contribution is 2.38. The lowest BCUT2D eigenvalue weighted by Gasteiger charge is -2.36.